The van der Waals surface area contributed by atoms with Gasteiger partial charge in [0.1, 0.15) is 11.4 Å². The molecule has 41 heavy (non-hydrogen) atoms. The minimum absolute atomic E-state index is 0.0348. The maximum absolute atomic E-state index is 14.2. The zero-order valence-corrected chi connectivity index (χ0v) is 25.6. The van der Waals surface area contributed by atoms with E-state index in [4.69, 9.17) is 9.84 Å². The largest absolute Gasteiger partial charge is 0.444 e. The van der Waals surface area contributed by atoms with Gasteiger partial charge in [0.2, 0.25) is 0 Å². The summed E-state index contributed by atoms with van der Waals surface area (Å²) >= 11 is 0. The van der Waals surface area contributed by atoms with Crippen LogP contribution in [-0.4, -0.2) is 50.2 Å². The second-order valence-electron chi connectivity index (χ2n) is 14.1. The molecule has 3 aromatic rings. The van der Waals surface area contributed by atoms with Crippen molar-refractivity contribution < 1.29 is 14.3 Å². The first kappa shape index (κ1) is 29.0. The fourth-order valence-electron chi connectivity index (χ4n) is 6.45. The highest BCUT2D eigenvalue weighted by atomic mass is 16.6. The molecule has 1 fully saturated rings. The Kier molecular flexibility index (Phi) is 7.60. The molecule has 1 saturated heterocycles. The van der Waals surface area contributed by atoms with Crippen LogP contribution in [0.4, 0.5) is 4.79 Å². The standard InChI is InChI=1S/C34H44N4O3/c1-32(2,3)38-28-13-16-34(7,20-26(28)30(36-38)24-14-17-35-18-15-24)29(39)19-25-21-37(31(40)41-33(4,5)6)22-27(25)23-11-9-8-10-12-23/h8-12,14-15,17-18,25,27H,13,16,19-22H2,1-7H3. The monoisotopic (exact) mass is 556 g/mol. The van der Waals surface area contributed by atoms with Crippen LogP contribution in [0, 0.1) is 11.3 Å². The highest BCUT2D eigenvalue weighted by Crippen LogP contribution is 2.44. The summed E-state index contributed by atoms with van der Waals surface area (Å²) in [6.45, 7) is 15.4. The molecule has 3 atom stereocenters. The molecule has 0 bridgehead atoms. The van der Waals surface area contributed by atoms with Crippen LogP contribution in [0.15, 0.2) is 54.9 Å². The summed E-state index contributed by atoms with van der Waals surface area (Å²) < 4.78 is 7.86. The van der Waals surface area contributed by atoms with Crippen molar-refractivity contribution in [1.29, 1.82) is 0 Å². The number of pyridine rings is 1. The minimum atomic E-state index is -0.565. The number of amides is 1. The number of hydrogen-bond donors (Lipinski definition) is 0. The van der Waals surface area contributed by atoms with E-state index in [1.807, 2.05) is 51.1 Å². The van der Waals surface area contributed by atoms with Gasteiger partial charge in [-0.15, -0.1) is 0 Å². The van der Waals surface area contributed by atoms with Crippen LogP contribution in [0.5, 0.6) is 0 Å². The lowest BCUT2D eigenvalue weighted by Gasteiger charge is -2.35. The number of benzene rings is 1. The Morgan fingerprint density at radius 3 is 2.32 bits per heavy atom. The van der Waals surface area contributed by atoms with Crippen molar-refractivity contribution in [2.24, 2.45) is 11.3 Å². The van der Waals surface area contributed by atoms with Crippen molar-refractivity contribution >= 4 is 11.9 Å². The third-order valence-electron chi connectivity index (χ3n) is 8.60. The number of carbonyl (C=O) groups excluding carboxylic acids is 2. The van der Waals surface area contributed by atoms with E-state index < -0.39 is 11.0 Å². The molecule has 0 radical (unpaired) electrons. The van der Waals surface area contributed by atoms with Crippen LogP contribution in [0.2, 0.25) is 0 Å². The number of nitrogens with zero attached hydrogens (tertiary/aromatic N) is 4. The number of aromatic nitrogens is 3. The van der Waals surface area contributed by atoms with E-state index in [0.717, 1.165) is 24.1 Å². The summed E-state index contributed by atoms with van der Waals surface area (Å²) in [5, 5.41) is 5.09. The van der Waals surface area contributed by atoms with Gasteiger partial charge in [0, 0.05) is 60.1 Å². The summed E-state index contributed by atoms with van der Waals surface area (Å²) in [5.74, 6) is 0.392. The van der Waals surface area contributed by atoms with Gasteiger partial charge in [0.15, 0.2) is 0 Å². The van der Waals surface area contributed by atoms with Crippen molar-refractivity contribution in [3.8, 4) is 11.3 Å². The normalized spacial score (nSPS) is 22.9. The van der Waals surface area contributed by atoms with Gasteiger partial charge >= 0.3 is 6.09 Å². The summed E-state index contributed by atoms with van der Waals surface area (Å²) in [5.41, 5.74) is 4.33. The van der Waals surface area contributed by atoms with Gasteiger partial charge in [-0.05, 0) is 84.4 Å². The van der Waals surface area contributed by atoms with Gasteiger partial charge < -0.3 is 9.64 Å². The van der Waals surface area contributed by atoms with Crippen molar-refractivity contribution in [3.05, 3.63) is 71.7 Å². The quantitative estimate of drug-likeness (QED) is 0.345. The van der Waals surface area contributed by atoms with Crippen molar-refractivity contribution in [2.45, 2.75) is 91.2 Å². The van der Waals surface area contributed by atoms with E-state index in [2.05, 4.69) is 49.5 Å². The maximum atomic E-state index is 14.2. The Morgan fingerprint density at radius 2 is 1.68 bits per heavy atom. The van der Waals surface area contributed by atoms with E-state index in [0.29, 0.717) is 25.9 Å². The molecule has 5 rings (SSSR count). The molecule has 1 aliphatic heterocycles. The van der Waals surface area contributed by atoms with Crippen LogP contribution in [0.1, 0.15) is 84.0 Å². The minimum Gasteiger partial charge on any atom is -0.444 e. The Morgan fingerprint density at radius 1 is 1.00 bits per heavy atom. The van der Waals surface area contributed by atoms with Gasteiger partial charge in [-0.3, -0.25) is 14.5 Å². The smallest absolute Gasteiger partial charge is 0.410 e. The lowest BCUT2D eigenvalue weighted by atomic mass is 9.68. The highest BCUT2D eigenvalue weighted by molar-refractivity contribution is 5.86. The third-order valence-corrected chi connectivity index (χ3v) is 8.60. The number of likely N-dealkylation sites (tertiary alicyclic amines) is 1. The van der Waals surface area contributed by atoms with Gasteiger partial charge in [0.25, 0.3) is 0 Å². The fourth-order valence-corrected chi connectivity index (χ4v) is 6.45. The predicted molar refractivity (Wildman–Crippen MR) is 161 cm³/mol. The molecule has 1 aromatic carbocycles. The lowest BCUT2D eigenvalue weighted by Crippen LogP contribution is -2.38. The van der Waals surface area contributed by atoms with Crippen LogP contribution in [-0.2, 0) is 27.9 Å². The predicted octanol–water partition coefficient (Wildman–Crippen LogP) is 6.81. The molecule has 7 nitrogen and oxygen atoms in total. The van der Waals surface area contributed by atoms with Crippen molar-refractivity contribution in [1.82, 2.24) is 19.7 Å². The van der Waals surface area contributed by atoms with E-state index in [1.54, 1.807) is 17.3 Å². The average molecular weight is 557 g/mol. The van der Waals surface area contributed by atoms with Crippen LogP contribution in [0.3, 0.4) is 0 Å². The average Bonchev–Trinajstić information content (AvgIpc) is 3.50. The number of Topliss-reactive ketones (excluding diaryl/α,β-unsaturated/α-hetero) is 1. The van der Waals surface area contributed by atoms with E-state index in [-0.39, 0.29) is 29.3 Å². The first-order valence-electron chi connectivity index (χ1n) is 14.8. The molecule has 0 spiro atoms. The molecular weight excluding hydrogens is 512 g/mol. The van der Waals surface area contributed by atoms with Crippen LogP contribution < -0.4 is 0 Å². The first-order chi connectivity index (χ1) is 19.2. The van der Waals surface area contributed by atoms with Crippen LogP contribution in [0.25, 0.3) is 11.3 Å². The molecule has 0 N–H and O–H groups in total. The zero-order valence-electron chi connectivity index (χ0n) is 25.6. The number of fused-ring (bicyclic) bond motifs is 1. The SMILES string of the molecule is CC(C)(C)OC(=O)N1CC(CC(=O)C2(C)CCc3c(c(-c4ccncc4)nn3C(C)(C)C)C2)C(c2ccccc2)C1. The second-order valence-corrected chi connectivity index (χ2v) is 14.1. The maximum Gasteiger partial charge on any atom is 0.410 e. The molecule has 0 saturated carbocycles. The molecule has 1 amide bonds. The Labute approximate surface area is 244 Å². The molecule has 3 unspecified atom stereocenters. The number of carbonyl (C=O) groups is 2. The summed E-state index contributed by atoms with van der Waals surface area (Å²) in [6, 6.07) is 14.3. The Hall–Kier alpha value is -3.48. The van der Waals surface area contributed by atoms with Crippen molar-refractivity contribution in [3.63, 3.8) is 0 Å². The number of ether oxygens (including phenoxy) is 1. The van der Waals surface area contributed by atoms with E-state index in [1.165, 1.54) is 16.8 Å². The van der Waals surface area contributed by atoms with Gasteiger partial charge in [-0.25, -0.2) is 4.79 Å². The number of hydrogen-bond acceptors (Lipinski definition) is 5. The first-order valence-corrected chi connectivity index (χ1v) is 14.8. The van der Waals surface area contributed by atoms with Crippen LogP contribution >= 0.6 is 0 Å². The fraction of sp³-hybridized carbons (Fsp3) is 0.529. The molecule has 218 valence electrons. The van der Waals surface area contributed by atoms with Gasteiger partial charge in [-0.2, -0.15) is 5.10 Å². The molecule has 2 aliphatic rings. The molecular formula is C34H44N4O3. The van der Waals surface area contributed by atoms with Gasteiger partial charge in [-0.1, -0.05) is 37.3 Å². The topological polar surface area (TPSA) is 77.3 Å². The summed E-state index contributed by atoms with van der Waals surface area (Å²) in [6.07, 6.45) is 5.98. The second kappa shape index (κ2) is 10.7. The van der Waals surface area contributed by atoms with E-state index in [9.17, 15) is 9.59 Å². The zero-order chi connectivity index (χ0) is 29.6. The Bertz CT molecular complexity index is 1400. The molecule has 1 aliphatic carbocycles. The molecule has 7 heteroatoms. The lowest BCUT2D eigenvalue weighted by molar-refractivity contribution is -0.129. The van der Waals surface area contributed by atoms with E-state index >= 15 is 0 Å². The molecule has 3 heterocycles. The summed E-state index contributed by atoms with van der Waals surface area (Å²) in [7, 11) is 0. The highest BCUT2D eigenvalue weighted by Gasteiger charge is 2.45. The Balaban J connectivity index is 1.42. The summed E-state index contributed by atoms with van der Waals surface area (Å²) in [4.78, 5) is 33.3. The molecule has 2 aromatic heterocycles. The third kappa shape index (κ3) is 6.09. The van der Waals surface area contributed by atoms with Crippen molar-refractivity contribution in [2.75, 3.05) is 13.1 Å². The van der Waals surface area contributed by atoms with Gasteiger partial charge in [0.05, 0.1) is 11.2 Å². The number of rotatable bonds is 5. The number of ketones is 1.